The van der Waals surface area contributed by atoms with Crippen molar-refractivity contribution in [2.45, 2.75) is 13.2 Å². The highest BCUT2D eigenvalue weighted by atomic mass is 16.5. The number of tetrazole rings is 1. The van der Waals surface area contributed by atoms with Gasteiger partial charge in [0.25, 0.3) is 5.91 Å². The Morgan fingerprint density at radius 1 is 1.04 bits per heavy atom. The van der Waals surface area contributed by atoms with Gasteiger partial charge < -0.3 is 10.1 Å². The van der Waals surface area contributed by atoms with Crippen LogP contribution in [0, 0.1) is 0 Å². The number of carbonyl (C=O) groups is 2. The third kappa shape index (κ3) is 4.71. The second-order valence-corrected chi connectivity index (χ2v) is 5.19. The van der Waals surface area contributed by atoms with Crippen LogP contribution in [0.3, 0.4) is 0 Å². The molecule has 2 aromatic carbocycles. The molecule has 0 aliphatic rings. The number of rotatable bonds is 6. The van der Waals surface area contributed by atoms with E-state index in [-0.39, 0.29) is 19.1 Å². The van der Waals surface area contributed by atoms with Gasteiger partial charge in [-0.05, 0) is 40.3 Å². The average Bonchev–Trinajstić information content (AvgIpc) is 3.14. The smallest absolute Gasteiger partial charge is 0.328 e. The number of anilines is 1. The van der Waals surface area contributed by atoms with Gasteiger partial charge in [0.1, 0.15) is 19.5 Å². The van der Waals surface area contributed by atoms with E-state index in [0.717, 1.165) is 11.3 Å². The molecule has 1 N–H and O–H groups in total. The molecule has 0 aliphatic carbocycles. The van der Waals surface area contributed by atoms with Crippen LogP contribution >= 0.6 is 0 Å². The molecule has 0 aliphatic heterocycles. The maximum atomic E-state index is 12.2. The summed E-state index contributed by atoms with van der Waals surface area (Å²) in [6, 6.07) is 16.1. The van der Waals surface area contributed by atoms with E-state index in [9.17, 15) is 9.59 Å². The predicted molar refractivity (Wildman–Crippen MR) is 88.5 cm³/mol. The molecule has 0 fully saturated rings. The summed E-state index contributed by atoms with van der Waals surface area (Å²) >= 11 is 0. The molecular weight excluding hydrogens is 322 g/mol. The average molecular weight is 337 g/mol. The maximum Gasteiger partial charge on any atom is 0.328 e. The van der Waals surface area contributed by atoms with Gasteiger partial charge in [-0.25, -0.2) is 4.68 Å². The van der Waals surface area contributed by atoms with Crippen molar-refractivity contribution in [3.63, 3.8) is 0 Å². The Balaban J connectivity index is 1.51. The standard InChI is InChI=1S/C17H15N5O3/c23-16(10-22-12-18-20-21-22)25-11-13-6-8-14(9-7-13)17(24)19-15-4-2-1-3-5-15/h1-9,12H,10-11H2,(H,19,24). The second kappa shape index (κ2) is 7.82. The first-order valence-corrected chi connectivity index (χ1v) is 7.52. The van der Waals surface area contributed by atoms with Gasteiger partial charge in [-0.3, -0.25) is 9.59 Å². The van der Waals surface area contributed by atoms with Crippen molar-refractivity contribution in [3.8, 4) is 0 Å². The molecule has 3 rings (SSSR count). The number of benzene rings is 2. The molecule has 1 aromatic heterocycles. The summed E-state index contributed by atoms with van der Waals surface area (Å²) in [5.41, 5.74) is 2.03. The normalized spacial score (nSPS) is 10.2. The van der Waals surface area contributed by atoms with E-state index in [1.54, 1.807) is 24.3 Å². The third-order valence-electron chi connectivity index (χ3n) is 3.33. The molecule has 0 saturated carbocycles. The number of ether oxygens (including phenoxy) is 1. The van der Waals surface area contributed by atoms with Crippen LogP contribution in [0.15, 0.2) is 60.9 Å². The number of hydrogen-bond donors (Lipinski definition) is 1. The van der Waals surface area contributed by atoms with E-state index < -0.39 is 5.97 Å². The Hall–Kier alpha value is -3.55. The summed E-state index contributed by atoms with van der Waals surface area (Å²) < 4.78 is 6.42. The number of esters is 1. The molecule has 25 heavy (non-hydrogen) atoms. The summed E-state index contributed by atoms with van der Waals surface area (Å²) in [4.78, 5) is 23.8. The Labute approximate surface area is 143 Å². The summed E-state index contributed by atoms with van der Waals surface area (Å²) in [7, 11) is 0. The molecule has 0 spiro atoms. The van der Waals surface area contributed by atoms with Crippen molar-refractivity contribution >= 4 is 17.6 Å². The lowest BCUT2D eigenvalue weighted by atomic mass is 10.1. The van der Waals surface area contributed by atoms with E-state index in [4.69, 9.17) is 4.74 Å². The molecular formula is C17H15N5O3. The van der Waals surface area contributed by atoms with Crippen LogP contribution < -0.4 is 5.32 Å². The van der Waals surface area contributed by atoms with Gasteiger partial charge in [-0.2, -0.15) is 0 Å². The fourth-order valence-corrected chi connectivity index (χ4v) is 2.07. The number of aromatic nitrogens is 4. The van der Waals surface area contributed by atoms with Gasteiger partial charge in [-0.15, -0.1) is 5.10 Å². The molecule has 8 nitrogen and oxygen atoms in total. The minimum atomic E-state index is -0.446. The first-order valence-electron chi connectivity index (χ1n) is 7.52. The van der Waals surface area contributed by atoms with Gasteiger partial charge in [-0.1, -0.05) is 30.3 Å². The van der Waals surface area contributed by atoms with Crippen LogP contribution in [-0.2, 0) is 22.7 Å². The molecule has 1 amide bonds. The third-order valence-corrected chi connectivity index (χ3v) is 3.33. The highest BCUT2D eigenvalue weighted by Crippen LogP contribution is 2.10. The largest absolute Gasteiger partial charge is 0.459 e. The van der Waals surface area contributed by atoms with E-state index in [2.05, 4.69) is 20.8 Å². The molecule has 1 heterocycles. The minimum absolute atomic E-state index is 0.0510. The number of hydrogen-bond acceptors (Lipinski definition) is 6. The summed E-state index contributed by atoms with van der Waals surface area (Å²) in [5, 5.41) is 13.3. The van der Waals surface area contributed by atoms with Crippen molar-refractivity contribution in [1.82, 2.24) is 20.2 Å². The van der Waals surface area contributed by atoms with Crippen molar-refractivity contribution in [3.05, 3.63) is 72.1 Å². The Kier molecular flexibility index (Phi) is 5.10. The summed E-state index contributed by atoms with van der Waals surface area (Å²) in [5.74, 6) is -0.647. The van der Waals surface area contributed by atoms with Crippen LogP contribution in [0.25, 0.3) is 0 Å². The van der Waals surface area contributed by atoms with Gasteiger partial charge >= 0.3 is 5.97 Å². The van der Waals surface area contributed by atoms with E-state index in [0.29, 0.717) is 5.56 Å². The maximum absolute atomic E-state index is 12.2. The second-order valence-electron chi connectivity index (χ2n) is 5.19. The zero-order valence-corrected chi connectivity index (χ0v) is 13.2. The zero-order chi connectivity index (χ0) is 17.5. The van der Waals surface area contributed by atoms with Crippen LogP contribution in [0.2, 0.25) is 0 Å². The van der Waals surface area contributed by atoms with Crippen LogP contribution in [0.1, 0.15) is 15.9 Å². The number of carbonyl (C=O) groups excluding carboxylic acids is 2. The van der Waals surface area contributed by atoms with E-state index in [1.165, 1.54) is 11.0 Å². The lowest BCUT2D eigenvalue weighted by Gasteiger charge is -2.07. The van der Waals surface area contributed by atoms with Gasteiger partial charge in [0, 0.05) is 11.3 Å². The highest BCUT2D eigenvalue weighted by molar-refractivity contribution is 6.04. The van der Waals surface area contributed by atoms with Gasteiger partial charge in [0.15, 0.2) is 0 Å². The molecule has 3 aromatic rings. The lowest BCUT2D eigenvalue weighted by Crippen LogP contribution is -2.14. The molecule has 0 atom stereocenters. The van der Waals surface area contributed by atoms with Gasteiger partial charge in [0.2, 0.25) is 0 Å². The molecule has 8 heteroatoms. The fraction of sp³-hybridized carbons (Fsp3) is 0.118. The Morgan fingerprint density at radius 3 is 2.48 bits per heavy atom. The van der Waals surface area contributed by atoms with E-state index >= 15 is 0 Å². The monoisotopic (exact) mass is 337 g/mol. The highest BCUT2D eigenvalue weighted by Gasteiger charge is 2.08. The van der Waals surface area contributed by atoms with Crippen molar-refractivity contribution in [2.75, 3.05) is 5.32 Å². The van der Waals surface area contributed by atoms with Crippen molar-refractivity contribution in [1.29, 1.82) is 0 Å². The van der Waals surface area contributed by atoms with Crippen LogP contribution in [0.5, 0.6) is 0 Å². The van der Waals surface area contributed by atoms with Crippen molar-refractivity contribution in [2.24, 2.45) is 0 Å². The van der Waals surface area contributed by atoms with E-state index in [1.807, 2.05) is 30.3 Å². The lowest BCUT2D eigenvalue weighted by molar-refractivity contribution is -0.145. The molecule has 0 saturated heterocycles. The number of nitrogens with zero attached hydrogens (tertiary/aromatic N) is 4. The molecule has 0 radical (unpaired) electrons. The Morgan fingerprint density at radius 2 is 1.80 bits per heavy atom. The minimum Gasteiger partial charge on any atom is -0.459 e. The van der Waals surface area contributed by atoms with Crippen LogP contribution in [-0.4, -0.2) is 32.1 Å². The number of amides is 1. The topological polar surface area (TPSA) is 99.0 Å². The first kappa shape index (κ1) is 16.3. The SMILES string of the molecule is O=C(Cn1cnnn1)OCc1ccc(C(=O)Nc2ccccc2)cc1. The first-order chi connectivity index (χ1) is 12.2. The summed E-state index contributed by atoms with van der Waals surface area (Å²) in [6.45, 7) is 0.0616. The number of para-hydroxylation sites is 1. The van der Waals surface area contributed by atoms with Crippen LogP contribution in [0.4, 0.5) is 5.69 Å². The fourth-order valence-electron chi connectivity index (χ4n) is 2.07. The summed E-state index contributed by atoms with van der Waals surface area (Å²) in [6.07, 6.45) is 1.33. The quantitative estimate of drug-likeness (QED) is 0.687. The zero-order valence-electron chi connectivity index (χ0n) is 13.2. The molecule has 0 unspecified atom stereocenters. The Bertz CT molecular complexity index is 832. The molecule has 126 valence electrons. The predicted octanol–water partition coefficient (Wildman–Crippen LogP) is 1.67. The molecule has 0 bridgehead atoms. The van der Waals surface area contributed by atoms with Gasteiger partial charge in [0.05, 0.1) is 0 Å². The number of nitrogens with one attached hydrogen (secondary N) is 1. The van der Waals surface area contributed by atoms with Crippen molar-refractivity contribution < 1.29 is 14.3 Å².